The normalized spacial score (nSPS) is 11.1. The molecule has 1 aromatic heterocycles. The topological polar surface area (TPSA) is 4.93 Å². The molecular weight excluding hydrogens is 238 g/mol. The van der Waals surface area contributed by atoms with Gasteiger partial charge in [-0.1, -0.05) is 11.6 Å². The van der Waals surface area contributed by atoms with E-state index >= 15 is 0 Å². The van der Waals surface area contributed by atoms with Gasteiger partial charge in [0, 0.05) is 17.4 Å². The predicted octanol–water partition coefficient (Wildman–Crippen LogP) is 4.04. The zero-order chi connectivity index (χ0) is 10.3. The predicted molar refractivity (Wildman–Crippen MR) is 64.8 cm³/mol. The fourth-order valence-electron chi connectivity index (χ4n) is 1.91. The summed E-state index contributed by atoms with van der Waals surface area (Å²) in [6, 6.07) is 6.62. The van der Waals surface area contributed by atoms with E-state index in [0.29, 0.717) is 0 Å². The van der Waals surface area contributed by atoms with E-state index in [1.807, 2.05) is 0 Å². The molecule has 74 valence electrons. The summed E-state index contributed by atoms with van der Waals surface area (Å²) in [6.07, 6.45) is 0. The van der Waals surface area contributed by atoms with Crippen molar-refractivity contribution in [2.75, 3.05) is 0 Å². The van der Waals surface area contributed by atoms with E-state index in [1.165, 1.54) is 26.6 Å². The highest BCUT2D eigenvalue weighted by atomic mass is 79.9. The lowest BCUT2D eigenvalue weighted by Crippen LogP contribution is -1.93. The highest BCUT2D eigenvalue weighted by molar-refractivity contribution is 9.10. The highest BCUT2D eigenvalue weighted by Crippen LogP contribution is 2.30. The Kier molecular flexibility index (Phi) is 2.40. The Hall–Kier alpha value is -0.760. The third-order valence-electron chi connectivity index (χ3n) is 2.71. The van der Waals surface area contributed by atoms with Crippen LogP contribution < -0.4 is 0 Å². The Balaban J connectivity index is 2.88. The van der Waals surface area contributed by atoms with Gasteiger partial charge in [0.2, 0.25) is 0 Å². The lowest BCUT2D eigenvalue weighted by Gasteiger charge is -2.02. The molecule has 0 amide bonds. The largest absolute Gasteiger partial charge is 0.335 e. The van der Waals surface area contributed by atoms with Gasteiger partial charge in [-0.3, -0.25) is 0 Å². The second-order valence-electron chi connectivity index (χ2n) is 3.68. The summed E-state index contributed by atoms with van der Waals surface area (Å²) < 4.78 is 3.50. The molecule has 0 aliphatic rings. The van der Waals surface area contributed by atoms with Crippen molar-refractivity contribution in [3.8, 4) is 0 Å². The highest BCUT2D eigenvalue weighted by Gasteiger charge is 2.09. The van der Waals surface area contributed by atoms with Gasteiger partial charge < -0.3 is 4.57 Å². The number of hydrogen-bond donors (Lipinski definition) is 0. The molecule has 0 aliphatic carbocycles. The summed E-state index contributed by atoms with van der Waals surface area (Å²) >= 11 is 3.64. The molecule has 14 heavy (non-hydrogen) atoms. The SMILES string of the molecule is CCn1c(Br)c(C)c2cc(C)ccc21. The average Bonchev–Trinajstić information content (AvgIpc) is 2.41. The van der Waals surface area contributed by atoms with E-state index < -0.39 is 0 Å². The quantitative estimate of drug-likeness (QED) is 0.721. The first-order valence-electron chi connectivity index (χ1n) is 4.90. The van der Waals surface area contributed by atoms with Crippen molar-refractivity contribution in [1.82, 2.24) is 4.57 Å². The molecule has 0 N–H and O–H groups in total. The number of aromatic nitrogens is 1. The molecule has 1 aromatic carbocycles. The van der Waals surface area contributed by atoms with Crippen LogP contribution in [0, 0.1) is 13.8 Å². The Morgan fingerprint density at radius 2 is 2.00 bits per heavy atom. The number of halogens is 1. The van der Waals surface area contributed by atoms with Crippen LogP contribution >= 0.6 is 15.9 Å². The van der Waals surface area contributed by atoms with Crippen LogP contribution in [0.4, 0.5) is 0 Å². The van der Waals surface area contributed by atoms with Gasteiger partial charge in [0.15, 0.2) is 0 Å². The van der Waals surface area contributed by atoms with E-state index in [9.17, 15) is 0 Å². The molecule has 1 heterocycles. The second kappa shape index (κ2) is 3.43. The molecule has 0 saturated carbocycles. The van der Waals surface area contributed by atoms with Crippen molar-refractivity contribution in [1.29, 1.82) is 0 Å². The summed E-state index contributed by atoms with van der Waals surface area (Å²) in [6.45, 7) is 7.48. The zero-order valence-electron chi connectivity index (χ0n) is 8.76. The average molecular weight is 252 g/mol. The van der Waals surface area contributed by atoms with E-state index in [1.54, 1.807) is 0 Å². The maximum Gasteiger partial charge on any atom is 0.0886 e. The first-order valence-corrected chi connectivity index (χ1v) is 5.69. The molecule has 0 fully saturated rings. The number of fused-ring (bicyclic) bond motifs is 1. The van der Waals surface area contributed by atoms with Crippen LogP contribution in [0.15, 0.2) is 22.8 Å². The number of hydrogen-bond acceptors (Lipinski definition) is 0. The van der Waals surface area contributed by atoms with Crippen molar-refractivity contribution in [2.24, 2.45) is 0 Å². The molecule has 1 nitrogen and oxygen atoms in total. The summed E-state index contributed by atoms with van der Waals surface area (Å²) in [4.78, 5) is 0. The fourth-order valence-corrected chi connectivity index (χ4v) is 2.57. The second-order valence-corrected chi connectivity index (χ2v) is 4.43. The maximum atomic E-state index is 3.64. The van der Waals surface area contributed by atoms with Gasteiger partial charge in [0.05, 0.1) is 4.60 Å². The molecule has 0 bridgehead atoms. The smallest absolute Gasteiger partial charge is 0.0886 e. The Bertz CT molecular complexity index is 483. The van der Waals surface area contributed by atoms with Crippen molar-refractivity contribution in [2.45, 2.75) is 27.3 Å². The van der Waals surface area contributed by atoms with Gasteiger partial charge in [-0.05, 0) is 54.4 Å². The minimum absolute atomic E-state index is 1.01. The third-order valence-corrected chi connectivity index (χ3v) is 3.73. The Labute approximate surface area is 92.9 Å². The molecule has 2 aromatic rings. The fraction of sp³-hybridized carbons (Fsp3) is 0.333. The maximum absolute atomic E-state index is 3.64. The summed E-state index contributed by atoms with van der Waals surface area (Å²) in [5.74, 6) is 0. The lowest BCUT2D eigenvalue weighted by atomic mass is 10.1. The van der Waals surface area contributed by atoms with Crippen LogP contribution in [0.5, 0.6) is 0 Å². The minimum atomic E-state index is 1.01. The van der Waals surface area contributed by atoms with E-state index in [0.717, 1.165) is 6.54 Å². The van der Waals surface area contributed by atoms with E-state index in [2.05, 4.69) is 59.5 Å². The van der Waals surface area contributed by atoms with Crippen LogP contribution in [0.3, 0.4) is 0 Å². The van der Waals surface area contributed by atoms with Gasteiger partial charge in [-0.25, -0.2) is 0 Å². The Morgan fingerprint density at radius 3 is 2.64 bits per heavy atom. The van der Waals surface area contributed by atoms with Crippen molar-refractivity contribution >= 4 is 26.8 Å². The monoisotopic (exact) mass is 251 g/mol. The number of rotatable bonds is 1. The standard InChI is InChI=1S/C12H14BrN/c1-4-14-11-6-5-8(2)7-10(11)9(3)12(14)13/h5-7H,4H2,1-3H3. The molecular formula is C12H14BrN. The van der Waals surface area contributed by atoms with E-state index in [-0.39, 0.29) is 0 Å². The first-order chi connectivity index (χ1) is 6.65. The molecule has 2 heteroatoms. The summed E-state index contributed by atoms with van der Waals surface area (Å²) in [5, 5.41) is 1.36. The van der Waals surface area contributed by atoms with Gasteiger partial charge in [0.1, 0.15) is 0 Å². The third kappa shape index (κ3) is 1.29. The van der Waals surface area contributed by atoms with Crippen LogP contribution in [0.2, 0.25) is 0 Å². The number of aryl methyl sites for hydroxylation is 3. The van der Waals surface area contributed by atoms with Gasteiger partial charge in [-0.15, -0.1) is 0 Å². The molecule has 0 atom stereocenters. The van der Waals surface area contributed by atoms with Gasteiger partial charge in [0.25, 0.3) is 0 Å². The van der Waals surface area contributed by atoms with E-state index in [4.69, 9.17) is 0 Å². The van der Waals surface area contributed by atoms with Crippen LogP contribution in [-0.4, -0.2) is 4.57 Å². The van der Waals surface area contributed by atoms with Gasteiger partial charge in [-0.2, -0.15) is 0 Å². The van der Waals surface area contributed by atoms with Crippen molar-refractivity contribution in [3.63, 3.8) is 0 Å². The number of benzene rings is 1. The number of nitrogens with zero attached hydrogens (tertiary/aromatic N) is 1. The summed E-state index contributed by atoms with van der Waals surface area (Å²) in [5.41, 5.74) is 3.98. The molecule has 0 radical (unpaired) electrons. The van der Waals surface area contributed by atoms with Crippen LogP contribution in [0.1, 0.15) is 18.1 Å². The first kappa shape index (κ1) is 9.78. The Morgan fingerprint density at radius 1 is 1.29 bits per heavy atom. The molecule has 0 unspecified atom stereocenters. The molecule has 2 rings (SSSR count). The summed E-state index contributed by atoms with van der Waals surface area (Å²) in [7, 11) is 0. The molecule has 0 spiro atoms. The van der Waals surface area contributed by atoms with Gasteiger partial charge >= 0.3 is 0 Å². The van der Waals surface area contributed by atoms with Crippen molar-refractivity contribution in [3.05, 3.63) is 33.9 Å². The molecule has 0 saturated heterocycles. The van der Waals surface area contributed by atoms with Crippen molar-refractivity contribution < 1.29 is 0 Å². The van der Waals surface area contributed by atoms with Crippen LogP contribution in [0.25, 0.3) is 10.9 Å². The van der Waals surface area contributed by atoms with Crippen LogP contribution in [-0.2, 0) is 6.54 Å². The zero-order valence-corrected chi connectivity index (χ0v) is 10.4. The lowest BCUT2D eigenvalue weighted by molar-refractivity contribution is 0.777. The minimum Gasteiger partial charge on any atom is -0.335 e. The molecule has 0 aliphatic heterocycles.